The van der Waals surface area contributed by atoms with Gasteiger partial charge in [0, 0.05) is 23.7 Å². The molecule has 3 nitrogen and oxygen atoms in total. The number of hydrogen-bond donors (Lipinski definition) is 2. The van der Waals surface area contributed by atoms with Gasteiger partial charge in [0.2, 0.25) is 0 Å². The van der Waals surface area contributed by atoms with Crippen molar-refractivity contribution in [3.63, 3.8) is 0 Å². The number of nitrogens with one attached hydrogen (secondary N) is 1. The molecule has 0 radical (unpaired) electrons. The Morgan fingerprint density at radius 2 is 2.25 bits per heavy atom. The van der Waals surface area contributed by atoms with Crippen molar-refractivity contribution in [2.24, 2.45) is 5.92 Å². The summed E-state index contributed by atoms with van der Waals surface area (Å²) in [5.41, 5.74) is 1.33. The lowest BCUT2D eigenvalue weighted by Gasteiger charge is -2.22. The molecule has 1 aromatic carbocycles. The number of benzene rings is 1. The van der Waals surface area contributed by atoms with Gasteiger partial charge in [-0.05, 0) is 56.9 Å². The third kappa shape index (κ3) is 4.29. The number of halogens is 1. The number of aliphatic hydroxyl groups is 1. The second kappa shape index (κ2) is 8.13. The van der Waals surface area contributed by atoms with Gasteiger partial charge in [0.15, 0.2) is 0 Å². The molecule has 2 N–H and O–H groups in total. The smallest absolute Gasteiger partial charge is 0.0434 e. The fourth-order valence-electron chi connectivity index (χ4n) is 3.06. The molecular weight excluding hydrogens is 316 g/mol. The Morgan fingerprint density at radius 3 is 2.95 bits per heavy atom. The van der Waals surface area contributed by atoms with Gasteiger partial charge in [0.1, 0.15) is 0 Å². The van der Waals surface area contributed by atoms with E-state index in [1.54, 1.807) is 0 Å². The molecule has 0 aromatic heterocycles. The topological polar surface area (TPSA) is 35.5 Å². The van der Waals surface area contributed by atoms with E-state index in [0.29, 0.717) is 18.6 Å². The third-order valence-electron chi connectivity index (χ3n) is 4.27. The molecule has 4 heteroatoms. The monoisotopic (exact) mass is 340 g/mol. The maximum absolute atomic E-state index is 9.01. The van der Waals surface area contributed by atoms with E-state index in [2.05, 4.69) is 50.4 Å². The highest BCUT2D eigenvalue weighted by Crippen LogP contribution is 2.26. The second-order valence-electron chi connectivity index (χ2n) is 5.62. The molecule has 0 aliphatic carbocycles. The Labute approximate surface area is 130 Å². The van der Waals surface area contributed by atoms with E-state index in [0.717, 1.165) is 25.9 Å². The summed E-state index contributed by atoms with van der Waals surface area (Å²) in [5, 5.41) is 12.4. The van der Waals surface area contributed by atoms with Gasteiger partial charge in [-0.2, -0.15) is 0 Å². The van der Waals surface area contributed by atoms with Crippen molar-refractivity contribution in [1.82, 2.24) is 10.2 Å². The summed E-state index contributed by atoms with van der Waals surface area (Å²) >= 11 is 3.64. The van der Waals surface area contributed by atoms with E-state index in [1.165, 1.54) is 23.0 Å². The molecule has 20 heavy (non-hydrogen) atoms. The van der Waals surface area contributed by atoms with Crippen molar-refractivity contribution in [3.8, 4) is 0 Å². The molecule has 2 unspecified atom stereocenters. The quantitative estimate of drug-likeness (QED) is 0.801. The van der Waals surface area contributed by atoms with E-state index in [-0.39, 0.29) is 0 Å². The van der Waals surface area contributed by atoms with Crippen LogP contribution in [0.15, 0.2) is 28.7 Å². The summed E-state index contributed by atoms with van der Waals surface area (Å²) in [6.45, 7) is 3.77. The third-order valence-corrected chi connectivity index (χ3v) is 4.99. The first-order valence-corrected chi connectivity index (χ1v) is 8.28. The van der Waals surface area contributed by atoms with Gasteiger partial charge in [0.05, 0.1) is 0 Å². The van der Waals surface area contributed by atoms with Crippen LogP contribution in [0.4, 0.5) is 0 Å². The molecule has 2 rings (SSSR count). The zero-order valence-electron chi connectivity index (χ0n) is 12.2. The van der Waals surface area contributed by atoms with Crippen LogP contribution in [0.25, 0.3) is 0 Å². The molecule has 0 bridgehead atoms. The molecule has 0 saturated carbocycles. The van der Waals surface area contributed by atoms with E-state index in [4.69, 9.17) is 5.11 Å². The van der Waals surface area contributed by atoms with Crippen molar-refractivity contribution in [1.29, 1.82) is 0 Å². The van der Waals surface area contributed by atoms with E-state index in [1.807, 2.05) is 7.05 Å². The lowest BCUT2D eigenvalue weighted by atomic mass is 10.0. The maximum atomic E-state index is 9.01. The SMILES string of the molecule is CNC(CCN1CCC(CCO)C1)c1ccccc1Br. The fraction of sp³-hybridized carbons (Fsp3) is 0.625. The van der Waals surface area contributed by atoms with Crippen LogP contribution in [-0.2, 0) is 0 Å². The van der Waals surface area contributed by atoms with Crippen molar-refractivity contribution >= 4 is 15.9 Å². The average molecular weight is 341 g/mol. The van der Waals surface area contributed by atoms with Crippen LogP contribution in [0.1, 0.15) is 30.9 Å². The molecular formula is C16H25BrN2O. The molecule has 2 atom stereocenters. The molecule has 0 spiro atoms. The van der Waals surface area contributed by atoms with Gasteiger partial charge in [-0.1, -0.05) is 34.1 Å². The van der Waals surface area contributed by atoms with E-state index >= 15 is 0 Å². The zero-order chi connectivity index (χ0) is 14.4. The lowest BCUT2D eigenvalue weighted by Crippen LogP contribution is -2.27. The fourth-order valence-corrected chi connectivity index (χ4v) is 3.62. The summed E-state index contributed by atoms with van der Waals surface area (Å²) in [7, 11) is 2.03. The molecule has 1 heterocycles. The number of aliphatic hydroxyl groups excluding tert-OH is 1. The predicted molar refractivity (Wildman–Crippen MR) is 86.8 cm³/mol. The average Bonchev–Trinajstić information content (AvgIpc) is 2.89. The highest BCUT2D eigenvalue weighted by atomic mass is 79.9. The Morgan fingerprint density at radius 1 is 1.45 bits per heavy atom. The van der Waals surface area contributed by atoms with Crippen LogP contribution in [0.5, 0.6) is 0 Å². The van der Waals surface area contributed by atoms with Crippen LogP contribution in [-0.4, -0.2) is 43.3 Å². The van der Waals surface area contributed by atoms with Crippen LogP contribution in [0.2, 0.25) is 0 Å². The highest BCUT2D eigenvalue weighted by Gasteiger charge is 2.22. The zero-order valence-corrected chi connectivity index (χ0v) is 13.8. The van der Waals surface area contributed by atoms with Gasteiger partial charge in [-0.15, -0.1) is 0 Å². The number of likely N-dealkylation sites (tertiary alicyclic amines) is 1. The van der Waals surface area contributed by atoms with Crippen LogP contribution in [0.3, 0.4) is 0 Å². The molecule has 1 aliphatic heterocycles. The molecule has 112 valence electrons. The summed E-state index contributed by atoms with van der Waals surface area (Å²) < 4.78 is 1.18. The molecule has 1 aliphatic rings. The largest absolute Gasteiger partial charge is 0.396 e. The Kier molecular flexibility index (Phi) is 6.49. The molecule has 1 saturated heterocycles. The minimum Gasteiger partial charge on any atom is -0.396 e. The van der Waals surface area contributed by atoms with Gasteiger partial charge in [-0.25, -0.2) is 0 Å². The van der Waals surface area contributed by atoms with Crippen molar-refractivity contribution in [3.05, 3.63) is 34.3 Å². The Hall–Kier alpha value is -0.420. The summed E-state index contributed by atoms with van der Waals surface area (Å²) in [6, 6.07) is 8.83. The standard InChI is InChI=1S/C16H25BrN2O/c1-18-16(14-4-2-3-5-15(14)17)7-10-19-9-6-13(12-19)8-11-20/h2-5,13,16,18,20H,6-12H2,1H3. The van der Waals surface area contributed by atoms with Crippen molar-refractivity contribution < 1.29 is 5.11 Å². The minimum atomic E-state index is 0.328. The number of hydrogen-bond acceptors (Lipinski definition) is 3. The summed E-state index contributed by atoms with van der Waals surface area (Å²) in [5.74, 6) is 0.691. The number of rotatable bonds is 7. The van der Waals surface area contributed by atoms with Crippen LogP contribution in [0, 0.1) is 5.92 Å². The Bertz CT molecular complexity index is 413. The van der Waals surface area contributed by atoms with Gasteiger partial charge >= 0.3 is 0 Å². The first-order chi connectivity index (χ1) is 9.74. The van der Waals surface area contributed by atoms with E-state index in [9.17, 15) is 0 Å². The number of nitrogens with zero attached hydrogens (tertiary/aromatic N) is 1. The van der Waals surface area contributed by atoms with Crippen LogP contribution >= 0.6 is 15.9 Å². The predicted octanol–water partition coefficient (Wildman–Crippen LogP) is 2.80. The normalized spacial score (nSPS) is 21.2. The molecule has 1 fully saturated rings. The first-order valence-electron chi connectivity index (χ1n) is 7.49. The van der Waals surface area contributed by atoms with Crippen molar-refractivity contribution in [2.45, 2.75) is 25.3 Å². The molecule has 1 aromatic rings. The van der Waals surface area contributed by atoms with Crippen LogP contribution < -0.4 is 5.32 Å². The van der Waals surface area contributed by atoms with Crippen molar-refractivity contribution in [2.75, 3.05) is 33.3 Å². The lowest BCUT2D eigenvalue weighted by molar-refractivity contribution is 0.248. The Balaban J connectivity index is 1.85. The minimum absolute atomic E-state index is 0.328. The maximum Gasteiger partial charge on any atom is 0.0434 e. The summed E-state index contributed by atoms with van der Waals surface area (Å²) in [4.78, 5) is 2.53. The van der Waals surface area contributed by atoms with Gasteiger partial charge in [-0.3, -0.25) is 0 Å². The second-order valence-corrected chi connectivity index (χ2v) is 6.47. The van der Waals surface area contributed by atoms with E-state index < -0.39 is 0 Å². The van der Waals surface area contributed by atoms with Gasteiger partial charge < -0.3 is 15.3 Å². The highest BCUT2D eigenvalue weighted by molar-refractivity contribution is 9.10. The summed E-state index contributed by atoms with van der Waals surface area (Å²) in [6.07, 6.45) is 3.31. The first kappa shape index (κ1) is 16.0. The molecule has 0 amide bonds. The van der Waals surface area contributed by atoms with Gasteiger partial charge in [0.25, 0.3) is 0 Å².